The molecule has 62 valence electrons. The Morgan fingerprint density at radius 3 is 2.75 bits per heavy atom. The molecule has 1 aromatic rings. The number of nitrogen functional groups attached to an aromatic ring is 1. The second-order valence-corrected chi connectivity index (χ2v) is 2.94. The van der Waals surface area contributed by atoms with Crippen LogP contribution in [0.15, 0.2) is 12.1 Å². The number of hydrogen-bond acceptors (Lipinski definition) is 1. The summed E-state index contributed by atoms with van der Waals surface area (Å²) in [6.07, 6.45) is 6.17. The number of benzene rings is 1. The Labute approximate surface area is 77.5 Å². The summed E-state index contributed by atoms with van der Waals surface area (Å²) in [4.78, 5) is 0. The third-order valence-electron chi connectivity index (χ3n) is 1.75. The van der Waals surface area contributed by atoms with Crippen LogP contribution in [-0.4, -0.2) is 0 Å². The van der Waals surface area contributed by atoms with Gasteiger partial charge in [-0.05, 0) is 24.1 Å². The first kappa shape index (κ1) is 8.96. The van der Waals surface area contributed by atoms with Crippen LogP contribution in [0.5, 0.6) is 0 Å². The van der Waals surface area contributed by atoms with Crippen LogP contribution in [0, 0.1) is 12.3 Å². The maximum absolute atomic E-state index is 5.86. The molecule has 0 saturated carbocycles. The van der Waals surface area contributed by atoms with Crippen molar-refractivity contribution >= 4 is 17.3 Å². The maximum Gasteiger partial charge on any atom is 0.0662 e. The molecule has 0 aliphatic rings. The first-order valence-electron chi connectivity index (χ1n) is 3.73. The number of hydrogen-bond donors (Lipinski definition) is 1. The molecule has 0 fully saturated rings. The average molecular weight is 180 g/mol. The van der Waals surface area contributed by atoms with E-state index < -0.39 is 0 Å². The Bertz CT molecular complexity index is 336. The highest BCUT2D eigenvalue weighted by Crippen LogP contribution is 2.24. The largest absolute Gasteiger partial charge is 0.397 e. The van der Waals surface area contributed by atoms with Crippen LogP contribution in [0.1, 0.15) is 18.1 Å². The Kier molecular flexibility index (Phi) is 2.62. The second-order valence-electron chi connectivity index (χ2n) is 2.54. The Balaban J connectivity index is 3.31. The summed E-state index contributed by atoms with van der Waals surface area (Å²) in [5.74, 6) is 2.50. The molecule has 1 nitrogen and oxygen atoms in total. The molecular weight excluding hydrogens is 170 g/mol. The fourth-order valence-corrected chi connectivity index (χ4v) is 1.24. The number of aryl methyl sites for hydroxylation is 1. The molecule has 12 heavy (non-hydrogen) atoms. The van der Waals surface area contributed by atoms with Gasteiger partial charge in [0.25, 0.3) is 0 Å². The molecule has 0 heterocycles. The van der Waals surface area contributed by atoms with E-state index in [1.807, 2.05) is 19.1 Å². The predicted octanol–water partition coefficient (Wildman–Crippen LogP) is 2.47. The van der Waals surface area contributed by atoms with Crippen LogP contribution < -0.4 is 5.73 Å². The van der Waals surface area contributed by atoms with Gasteiger partial charge in [-0.2, -0.15) is 0 Å². The molecule has 0 aliphatic heterocycles. The van der Waals surface area contributed by atoms with Gasteiger partial charge in [0, 0.05) is 5.56 Å². The van der Waals surface area contributed by atoms with Gasteiger partial charge in [0.1, 0.15) is 0 Å². The minimum absolute atomic E-state index is 0.497. The highest BCUT2D eigenvalue weighted by Gasteiger charge is 2.02. The van der Waals surface area contributed by atoms with Crippen LogP contribution >= 0.6 is 11.6 Å². The van der Waals surface area contributed by atoms with Gasteiger partial charge >= 0.3 is 0 Å². The summed E-state index contributed by atoms with van der Waals surface area (Å²) in [6.45, 7) is 2.04. The average Bonchev–Trinajstić information content (AvgIpc) is 2.09. The summed E-state index contributed by atoms with van der Waals surface area (Å²) < 4.78 is 0. The lowest BCUT2D eigenvalue weighted by molar-refractivity contribution is 1.14. The number of anilines is 1. The quantitative estimate of drug-likeness (QED) is 0.520. The van der Waals surface area contributed by atoms with Gasteiger partial charge in [-0.1, -0.05) is 24.4 Å². The third kappa shape index (κ3) is 1.54. The van der Waals surface area contributed by atoms with Crippen molar-refractivity contribution in [1.29, 1.82) is 0 Å². The molecule has 1 aromatic carbocycles. The Morgan fingerprint density at radius 2 is 2.25 bits per heavy atom. The van der Waals surface area contributed by atoms with E-state index in [1.54, 1.807) is 0 Å². The van der Waals surface area contributed by atoms with E-state index in [-0.39, 0.29) is 0 Å². The standard InChI is InChI=1S/C10H10ClN/c1-3-7-5-8(4-2)10(12)9(11)6-7/h2,5-6H,3,12H2,1H3. The second kappa shape index (κ2) is 3.51. The predicted molar refractivity (Wildman–Crippen MR) is 53.2 cm³/mol. The number of nitrogens with two attached hydrogens (primary N) is 1. The van der Waals surface area contributed by atoms with Crippen molar-refractivity contribution in [2.45, 2.75) is 13.3 Å². The van der Waals surface area contributed by atoms with Crippen LogP contribution in [0.2, 0.25) is 5.02 Å². The van der Waals surface area contributed by atoms with Gasteiger partial charge in [0.2, 0.25) is 0 Å². The zero-order valence-corrected chi connectivity index (χ0v) is 7.65. The molecule has 2 N–H and O–H groups in total. The Hall–Kier alpha value is -1.13. The number of terminal acetylenes is 1. The smallest absolute Gasteiger partial charge is 0.0662 e. The van der Waals surface area contributed by atoms with E-state index in [1.165, 1.54) is 0 Å². The van der Waals surface area contributed by atoms with Crippen LogP contribution in [0.4, 0.5) is 5.69 Å². The van der Waals surface area contributed by atoms with Crippen molar-refractivity contribution in [2.75, 3.05) is 5.73 Å². The molecule has 0 unspecified atom stereocenters. The highest BCUT2D eigenvalue weighted by molar-refractivity contribution is 6.33. The van der Waals surface area contributed by atoms with Crippen LogP contribution in [0.3, 0.4) is 0 Å². The topological polar surface area (TPSA) is 26.0 Å². The van der Waals surface area contributed by atoms with Gasteiger partial charge in [-0.3, -0.25) is 0 Å². The first-order valence-corrected chi connectivity index (χ1v) is 4.11. The summed E-state index contributed by atoms with van der Waals surface area (Å²) in [6, 6.07) is 3.74. The van der Waals surface area contributed by atoms with E-state index in [4.69, 9.17) is 23.8 Å². The van der Waals surface area contributed by atoms with E-state index in [2.05, 4.69) is 5.92 Å². The van der Waals surface area contributed by atoms with Gasteiger partial charge in [0.15, 0.2) is 0 Å². The van der Waals surface area contributed by atoms with Crippen molar-refractivity contribution in [2.24, 2.45) is 0 Å². The van der Waals surface area contributed by atoms with Crippen molar-refractivity contribution in [3.8, 4) is 12.3 Å². The van der Waals surface area contributed by atoms with Crippen molar-refractivity contribution in [3.05, 3.63) is 28.3 Å². The zero-order chi connectivity index (χ0) is 9.14. The Morgan fingerprint density at radius 1 is 1.58 bits per heavy atom. The molecule has 0 bridgehead atoms. The fraction of sp³-hybridized carbons (Fsp3) is 0.200. The molecule has 0 atom stereocenters. The summed E-state index contributed by atoms with van der Waals surface area (Å²) in [5, 5.41) is 0.544. The van der Waals surface area contributed by atoms with E-state index >= 15 is 0 Å². The van der Waals surface area contributed by atoms with Gasteiger partial charge < -0.3 is 5.73 Å². The summed E-state index contributed by atoms with van der Waals surface area (Å²) in [5.41, 5.74) is 7.93. The first-order chi connectivity index (χ1) is 5.69. The molecule has 0 aromatic heterocycles. The summed E-state index contributed by atoms with van der Waals surface area (Å²) >= 11 is 5.86. The highest BCUT2D eigenvalue weighted by atomic mass is 35.5. The van der Waals surface area contributed by atoms with Crippen LogP contribution in [-0.2, 0) is 6.42 Å². The van der Waals surface area contributed by atoms with E-state index in [9.17, 15) is 0 Å². The van der Waals surface area contributed by atoms with Gasteiger partial charge in [-0.25, -0.2) is 0 Å². The lowest BCUT2D eigenvalue weighted by Crippen LogP contribution is -1.93. The van der Waals surface area contributed by atoms with Gasteiger partial charge in [0.05, 0.1) is 10.7 Å². The molecule has 1 rings (SSSR count). The normalized spacial score (nSPS) is 9.42. The number of rotatable bonds is 1. The maximum atomic E-state index is 5.86. The molecule has 0 aliphatic carbocycles. The molecule has 0 amide bonds. The third-order valence-corrected chi connectivity index (χ3v) is 2.07. The van der Waals surface area contributed by atoms with E-state index in [0.29, 0.717) is 16.3 Å². The van der Waals surface area contributed by atoms with Gasteiger partial charge in [-0.15, -0.1) is 6.42 Å². The number of halogens is 1. The monoisotopic (exact) mass is 179 g/mol. The summed E-state index contributed by atoms with van der Waals surface area (Å²) in [7, 11) is 0. The van der Waals surface area contributed by atoms with E-state index in [0.717, 1.165) is 12.0 Å². The zero-order valence-electron chi connectivity index (χ0n) is 6.89. The fourth-order valence-electron chi connectivity index (χ4n) is 0.998. The molecular formula is C10H10ClN. The van der Waals surface area contributed by atoms with Crippen LogP contribution in [0.25, 0.3) is 0 Å². The molecule has 0 radical (unpaired) electrons. The molecule has 2 heteroatoms. The molecule has 0 saturated heterocycles. The van der Waals surface area contributed by atoms with Crippen molar-refractivity contribution in [1.82, 2.24) is 0 Å². The SMILES string of the molecule is C#Cc1cc(CC)cc(Cl)c1N. The van der Waals surface area contributed by atoms with Crippen molar-refractivity contribution < 1.29 is 0 Å². The minimum Gasteiger partial charge on any atom is -0.397 e. The minimum atomic E-state index is 0.497. The molecule has 0 spiro atoms. The lowest BCUT2D eigenvalue weighted by atomic mass is 10.1. The lowest BCUT2D eigenvalue weighted by Gasteiger charge is -2.04. The van der Waals surface area contributed by atoms with Crippen molar-refractivity contribution in [3.63, 3.8) is 0 Å².